The molecule has 8 nitrogen and oxygen atoms in total. The van der Waals surface area contributed by atoms with E-state index in [-0.39, 0.29) is 17.0 Å². The standard InChI is InChI=1S/C10H15N5O3/c1-10(4-5-18-6-10)13-9-7(15(16)17)2-3-8(12-9)14-11/h2-3H,4-6,11H2,1H3,(H2,12,13,14). The first-order chi connectivity index (χ1) is 8.54. The number of hydrazine groups is 1. The summed E-state index contributed by atoms with van der Waals surface area (Å²) >= 11 is 0. The van der Waals surface area contributed by atoms with Gasteiger partial charge in [-0.2, -0.15) is 0 Å². The molecule has 1 aromatic rings. The van der Waals surface area contributed by atoms with Crippen LogP contribution in [-0.2, 0) is 4.74 Å². The molecule has 0 aliphatic carbocycles. The zero-order valence-corrected chi connectivity index (χ0v) is 9.97. The average Bonchev–Trinajstić information content (AvgIpc) is 2.75. The molecule has 0 saturated carbocycles. The molecule has 1 fully saturated rings. The minimum Gasteiger partial charge on any atom is -0.379 e. The van der Waals surface area contributed by atoms with Crippen LogP contribution in [0.2, 0.25) is 0 Å². The van der Waals surface area contributed by atoms with Crippen molar-refractivity contribution in [2.75, 3.05) is 24.0 Å². The molecule has 1 aliphatic heterocycles. The first-order valence-corrected chi connectivity index (χ1v) is 5.52. The Labute approximate surface area is 104 Å². The van der Waals surface area contributed by atoms with Crippen molar-refractivity contribution in [2.45, 2.75) is 18.9 Å². The third kappa shape index (κ3) is 2.49. The van der Waals surface area contributed by atoms with Gasteiger partial charge in [-0.05, 0) is 19.4 Å². The number of anilines is 2. The number of nitro groups is 1. The molecule has 0 bridgehead atoms. The molecule has 1 atom stereocenters. The molecule has 1 unspecified atom stereocenters. The van der Waals surface area contributed by atoms with E-state index in [0.29, 0.717) is 19.0 Å². The van der Waals surface area contributed by atoms with Gasteiger partial charge in [0.2, 0.25) is 5.82 Å². The van der Waals surface area contributed by atoms with Gasteiger partial charge in [0.05, 0.1) is 17.1 Å². The highest BCUT2D eigenvalue weighted by Crippen LogP contribution is 2.29. The fraction of sp³-hybridized carbons (Fsp3) is 0.500. The average molecular weight is 253 g/mol. The number of pyridine rings is 1. The van der Waals surface area contributed by atoms with Crippen molar-refractivity contribution < 1.29 is 9.66 Å². The number of nitrogen functional groups attached to an aromatic ring is 1. The second-order valence-electron chi connectivity index (χ2n) is 4.45. The summed E-state index contributed by atoms with van der Waals surface area (Å²) in [6.45, 7) is 3.06. The van der Waals surface area contributed by atoms with Gasteiger partial charge in [-0.1, -0.05) is 0 Å². The summed E-state index contributed by atoms with van der Waals surface area (Å²) in [6.07, 6.45) is 0.770. The van der Waals surface area contributed by atoms with Gasteiger partial charge < -0.3 is 15.5 Å². The summed E-state index contributed by atoms with van der Waals surface area (Å²) in [4.78, 5) is 14.5. The lowest BCUT2D eigenvalue weighted by Crippen LogP contribution is -2.35. The Morgan fingerprint density at radius 1 is 1.61 bits per heavy atom. The second-order valence-corrected chi connectivity index (χ2v) is 4.45. The summed E-state index contributed by atoms with van der Waals surface area (Å²) in [5, 5.41) is 14.0. The maximum absolute atomic E-state index is 10.9. The number of nitrogens with one attached hydrogen (secondary N) is 2. The van der Waals surface area contributed by atoms with Crippen molar-refractivity contribution in [3.05, 3.63) is 22.2 Å². The molecule has 0 amide bonds. The van der Waals surface area contributed by atoms with E-state index in [1.807, 2.05) is 6.92 Å². The van der Waals surface area contributed by atoms with Crippen LogP contribution in [0.5, 0.6) is 0 Å². The minimum atomic E-state index is -0.477. The SMILES string of the molecule is CC1(Nc2nc(NN)ccc2[N+](=O)[O-])CCOC1. The number of rotatable bonds is 4. The Balaban J connectivity index is 2.31. The maximum Gasteiger partial charge on any atom is 0.311 e. The van der Waals surface area contributed by atoms with Crippen LogP contribution in [0.3, 0.4) is 0 Å². The normalized spacial score (nSPS) is 22.8. The molecule has 1 aromatic heterocycles. The van der Waals surface area contributed by atoms with E-state index < -0.39 is 4.92 Å². The molecule has 2 heterocycles. The highest BCUT2D eigenvalue weighted by molar-refractivity contribution is 5.61. The van der Waals surface area contributed by atoms with E-state index in [0.717, 1.165) is 6.42 Å². The van der Waals surface area contributed by atoms with Crippen molar-refractivity contribution in [3.8, 4) is 0 Å². The smallest absolute Gasteiger partial charge is 0.311 e. The van der Waals surface area contributed by atoms with Gasteiger partial charge in [-0.15, -0.1) is 0 Å². The van der Waals surface area contributed by atoms with E-state index in [1.165, 1.54) is 12.1 Å². The van der Waals surface area contributed by atoms with Crippen molar-refractivity contribution in [1.29, 1.82) is 0 Å². The lowest BCUT2D eigenvalue weighted by atomic mass is 10.0. The van der Waals surface area contributed by atoms with E-state index in [4.69, 9.17) is 10.6 Å². The van der Waals surface area contributed by atoms with Crippen LogP contribution in [-0.4, -0.2) is 28.7 Å². The molecule has 0 aromatic carbocycles. The Kier molecular flexibility index (Phi) is 3.30. The number of hydrogen-bond acceptors (Lipinski definition) is 7. The Morgan fingerprint density at radius 3 is 2.94 bits per heavy atom. The van der Waals surface area contributed by atoms with Gasteiger partial charge in [0, 0.05) is 12.7 Å². The van der Waals surface area contributed by atoms with E-state index in [9.17, 15) is 10.1 Å². The molecular weight excluding hydrogens is 238 g/mol. The summed E-state index contributed by atoms with van der Waals surface area (Å²) < 4.78 is 5.29. The first-order valence-electron chi connectivity index (χ1n) is 5.52. The van der Waals surface area contributed by atoms with Crippen molar-refractivity contribution in [3.63, 3.8) is 0 Å². The van der Waals surface area contributed by atoms with Crippen LogP contribution in [0.25, 0.3) is 0 Å². The molecule has 8 heteroatoms. The number of ether oxygens (including phenoxy) is 1. The molecule has 1 saturated heterocycles. The van der Waals surface area contributed by atoms with Crippen molar-refractivity contribution >= 4 is 17.3 Å². The van der Waals surface area contributed by atoms with Crippen LogP contribution >= 0.6 is 0 Å². The third-order valence-electron chi connectivity index (χ3n) is 2.86. The van der Waals surface area contributed by atoms with E-state index >= 15 is 0 Å². The number of aromatic nitrogens is 1. The predicted molar refractivity (Wildman–Crippen MR) is 66.2 cm³/mol. The van der Waals surface area contributed by atoms with Crippen LogP contribution in [0.15, 0.2) is 12.1 Å². The van der Waals surface area contributed by atoms with Crippen LogP contribution in [0.4, 0.5) is 17.3 Å². The van der Waals surface area contributed by atoms with Crippen LogP contribution < -0.4 is 16.6 Å². The van der Waals surface area contributed by atoms with Gasteiger partial charge in [0.15, 0.2) is 0 Å². The molecule has 2 rings (SSSR count). The van der Waals surface area contributed by atoms with Gasteiger partial charge in [0.1, 0.15) is 5.82 Å². The van der Waals surface area contributed by atoms with Gasteiger partial charge >= 0.3 is 5.69 Å². The zero-order chi connectivity index (χ0) is 13.2. The van der Waals surface area contributed by atoms with Crippen LogP contribution in [0.1, 0.15) is 13.3 Å². The largest absolute Gasteiger partial charge is 0.379 e. The lowest BCUT2D eigenvalue weighted by molar-refractivity contribution is -0.384. The fourth-order valence-corrected chi connectivity index (χ4v) is 1.82. The summed E-state index contributed by atoms with van der Waals surface area (Å²) in [7, 11) is 0. The van der Waals surface area contributed by atoms with Crippen molar-refractivity contribution in [2.24, 2.45) is 5.84 Å². The van der Waals surface area contributed by atoms with Gasteiger partial charge in [0.25, 0.3) is 0 Å². The molecule has 0 radical (unpaired) electrons. The second kappa shape index (κ2) is 4.75. The Hall–Kier alpha value is -1.93. The summed E-state index contributed by atoms with van der Waals surface area (Å²) in [6, 6.07) is 2.82. The quantitative estimate of drug-likeness (QED) is 0.414. The van der Waals surface area contributed by atoms with Crippen molar-refractivity contribution in [1.82, 2.24) is 4.98 Å². The molecule has 98 valence electrons. The van der Waals surface area contributed by atoms with E-state index in [2.05, 4.69) is 15.7 Å². The minimum absolute atomic E-state index is 0.0814. The van der Waals surface area contributed by atoms with E-state index in [1.54, 1.807) is 0 Å². The Bertz CT molecular complexity index is 459. The monoisotopic (exact) mass is 253 g/mol. The summed E-state index contributed by atoms with van der Waals surface area (Å²) in [5.74, 6) is 5.82. The molecule has 1 aliphatic rings. The predicted octanol–water partition coefficient (Wildman–Crippen LogP) is 0.866. The lowest BCUT2D eigenvalue weighted by Gasteiger charge is -2.24. The molecule has 0 spiro atoms. The first kappa shape index (κ1) is 12.5. The highest BCUT2D eigenvalue weighted by atomic mass is 16.6. The maximum atomic E-state index is 10.9. The highest BCUT2D eigenvalue weighted by Gasteiger charge is 2.32. The van der Waals surface area contributed by atoms with Crippen LogP contribution in [0, 0.1) is 10.1 Å². The summed E-state index contributed by atoms with van der Waals surface area (Å²) in [5.41, 5.74) is 1.94. The molecule has 4 N–H and O–H groups in total. The molecule has 18 heavy (non-hydrogen) atoms. The molecular formula is C10H15N5O3. The fourth-order valence-electron chi connectivity index (χ4n) is 1.82. The Morgan fingerprint density at radius 2 is 2.39 bits per heavy atom. The van der Waals surface area contributed by atoms with Gasteiger partial charge in [-0.25, -0.2) is 10.8 Å². The third-order valence-corrected chi connectivity index (χ3v) is 2.86. The number of hydrogen-bond donors (Lipinski definition) is 3. The van der Waals surface area contributed by atoms with Gasteiger partial charge in [-0.3, -0.25) is 10.1 Å². The number of nitrogens with zero attached hydrogens (tertiary/aromatic N) is 2. The topological polar surface area (TPSA) is 115 Å². The zero-order valence-electron chi connectivity index (χ0n) is 9.97. The number of nitrogens with two attached hydrogens (primary N) is 1.